The van der Waals surface area contributed by atoms with Gasteiger partial charge in [-0.15, -0.1) is 0 Å². The molecule has 0 bridgehead atoms. The van der Waals surface area contributed by atoms with Crippen molar-refractivity contribution in [2.75, 3.05) is 6.54 Å². The van der Waals surface area contributed by atoms with E-state index in [9.17, 15) is 18.0 Å². The molecule has 0 saturated heterocycles. The number of hydrogen-bond acceptors (Lipinski definition) is 1. The predicted molar refractivity (Wildman–Crippen MR) is 71.3 cm³/mol. The third kappa shape index (κ3) is 4.26. The Morgan fingerprint density at radius 2 is 1.75 bits per heavy atom. The number of nitrogens with one attached hydrogen (secondary N) is 1. The van der Waals surface area contributed by atoms with Crippen molar-refractivity contribution in [3.05, 3.63) is 48.0 Å². The summed E-state index contributed by atoms with van der Waals surface area (Å²) in [4.78, 5) is 11.3. The normalized spacial score (nSPS) is 11.6. The molecule has 2 nitrogen and oxygen atoms in total. The first-order chi connectivity index (χ1) is 9.44. The van der Waals surface area contributed by atoms with Gasteiger partial charge in [0.15, 0.2) is 0 Å². The van der Waals surface area contributed by atoms with Crippen LogP contribution in [0.25, 0.3) is 10.8 Å². The van der Waals surface area contributed by atoms with Crippen LogP contribution in [0.2, 0.25) is 0 Å². The Morgan fingerprint density at radius 1 is 1.05 bits per heavy atom. The molecule has 20 heavy (non-hydrogen) atoms. The maximum Gasteiger partial charge on any atom is 0.405 e. The van der Waals surface area contributed by atoms with Gasteiger partial charge in [-0.1, -0.05) is 42.5 Å². The minimum Gasteiger partial charge on any atom is -0.347 e. The summed E-state index contributed by atoms with van der Waals surface area (Å²) in [5.74, 6) is -0.588. The fraction of sp³-hybridized carbons (Fsp3) is 0.267. The molecule has 0 heterocycles. The third-order valence-corrected chi connectivity index (χ3v) is 2.94. The number of fused-ring (bicyclic) bond motifs is 1. The first-order valence-electron chi connectivity index (χ1n) is 6.25. The van der Waals surface area contributed by atoms with E-state index in [-0.39, 0.29) is 6.42 Å². The van der Waals surface area contributed by atoms with Crippen LogP contribution in [0.3, 0.4) is 0 Å². The van der Waals surface area contributed by atoms with Crippen LogP contribution in [0.5, 0.6) is 0 Å². The first-order valence-corrected chi connectivity index (χ1v) is 6.25. The summed E-state index contributed by atoms with van der Waals surface area (Å²) in [6, 6.07) is 13.6. The Hall–Kier alpha value is -2.04. The Kier molecular flexibility index (Phi) is 4.27. The van der Waals surface area contributed by atoms with Crippen molar-refractivity contribution >= 4 is 16.7 Å². The van der Waals surface area contributed by atoms with E-state index < -0.39 is 18.6 Å². The highest BCUT2D eigenvalue weighted by molar-refractivity contribution is 5.83. The van der Waals surface area contributed by atoms with E-state index in [0.717, 1.165) is 16.3 Å². The van der Waals surface area contributed by atoms with Gasteiger partial charge in [0.25, 0.3) is 0 Å². The van der Waals surface area contributed by atoms with Gasteiger partial charge in [-0.3, -0.25) is 4.79 Å². The van der Waals surface area contributed by atoms with Crippen molar-refractivity contribution in [2.24, 2.45) is 0 Å². The van der Waals surface area contributed by atoms with Gasteiger partial charge >= 0.3 is 6.18 Å². The summed E-state index contributed by atoms with van der Waals surface area (Å²) in [5, 5.41) is 4.02. The molecule has 106 valence electrons. The molecule has 0 spiro atoms. The number of benzene rings is 2. The van der Waals surface area contributed by atoms with E-state index in [4.69, 9.17) is 0 Å². The maximum absolute atomic E-state index is 11.9. The van der Waals surface area contributed by atoms with Gasteiger partial charge in [0.05, 0.1) is 0 Å². The predicted octanol–water partition coefficient (Wildman–Crippen LogP) is 3.45. The molecule has 5 heteroatoms. The topological polar surface area (TPSA) is 29.1 Å². The van der Waals surface area contributed by atoms with Crippen LogP contribution in [0, 0.1) is 0 Å². The lowest BCUT2D eigenvalue weighted by Crippen LogP contribution is -2.33. The van der Waals surface area contributed by atoms with Gasteiger partial charge in [-0.05, 0) is 22.8 Å². The van der Waals surface area contributed by atoms with E-state index in [1.54, 1.807) is 0 Å². The summed E-state index contributed by atoms with van der Waals surface area (Å²) in [7, 11) is 0. The zero-order chi connectivity index (χ0) is 14.6. The molecule has 0 radical (unpaired) electrons. The Labute approximate surface area is 114 Å². The molecular formula is C15H14F3NO. The van der Waals surface area contributed by atoms with Crippen LogP contribution >= 0.6 is 0 Å². The second kappa shape index (κ2) is 5.94. The van der Waals surface area contributed by atoms with E-state index in [1.165, 1.54) is 0 Å². The monoisotopic (exact) mass is 281 g/mol. The lowest BCUT2D eigenvalue weighted by atomic mass is 10.0. The van der Waals surface area contributed by atoms with Gasteiger partial charge in [0.2, 0.25) is 5.91 Å². The van der Waals surface area contributed by atoms with E-state index >= 15 is 0 Å². The summed E-state index contributed by atoms with van der Waals surface area (Å²) in [6.45, 7) is -1.27. The van der Waals surface area contributed by atoms with Crippen LogP contribution in [-0.4, -0.2) is 18.6 Å². The quantitative estimate of drug-likeness (QED) is 0.913. The van der Waals surface area contributed by atoms with Crippen LogP contribution in [0.4, 0.5) is 13.2 Å². The van der Waals surface area contributed by atoms with Gasteiger partial charge in [-0.25, -0.2) is 0 Å². The second-order valence-corrected chi connectivity index (χ2v) is 4.57. The number of rotatable bonds is 4. The molecule has 2 aromatic carbocycles. The van der Waals surface area contributed by atoms with Crippen molar-refractivity contribution in [1.29, 1.82) is 0 Å². The number of halogens is 3. The van der Waals surface area contributed by atoms with Gasteiger partial charge in [-0.2, -0.15) is 13.2 Å². The average Bonchev–Trinajstić information content (AvgIpc) is 2.42. The number of aryl methyl sites for hydroxylation is 1. The second-order valence-electron chi connectivity index (χ2n) is 4.57. The molecule has 0 aromatic heterocycles. The lowest BCUT2D eigenvalue weighted by molar-refractivity contribution is -0.138. The Morgan fingerprint density at radius 3 is 2.45 bits per heavy atom. The maximum atomic E-state index is 11.9. The number of hydrogen-bond donors (Lipinski definition) is 1. The van der Waals surface area contributed by atoms with Crippen molar-refractivity contribution in [3.8, 4) is 0 Å². The number of carbonyl (C=O) groups excluding carboxylic acids is 1. The van der Waals surface area contributed by atoms with Crippen LogP contribution < -0.4 is 5.32 Å². The molecule has 1 N–H and O–H groups in total. The van der Waals surface area contributed by atoms with E-state index in [1.807, 2.05) is 47.8 Å². The minimum absolute atomic E-state index is 0.0500. The zero-order valence-electron chi connectivity index (χ0n) is 10.7. The van der Waals surface area contributed by atoms with Crippen LogP contribution in [0.15, 0.2) is 42.5 Å². The minimum atomic E-state index is -4.36. The average molecular weight is 281 g/mol. The van der Waals surface area contributed by atoms with Crippen molar-refractivity contribution < 1.29 is 18.0 Å². The highest BCUT2D eigenvalue weighted by Gasteiger charge is 2.27. The van der Waals surface area contributed by atoms with Crippen LogP contribution in [0.1, 0.15) is 12.0 Å². The summed E-state index contributed by atoms with van der Waals surface area (Å²) in [5.41, 5.74) is 0.936. The molecule has 2 aromatic rings. The number of carbonyl (C=O) groups is 1. The molecule has 0 unspecified atom stereocenters. The summed E-state index contributed by atoms with van der Waals surface area (Å²) < 4.78 is 35.8. The molecule has 2 rings (SSSR count). The molecular weight excluding hydrogens is 267 g/mol. The molecule has 1 amide bonds. The van der Waals surface area contributed by atoms with Crippen molar-refractivity contribution in [1.82, 2.24) is 5.32 Å². The standard InChI is InChI=1S/C15H14F3NO/c16-15(17,18)10-19-14(20)8-6-11-5-7-12-3-1-2-4-13(12)9-11/h1-5,7,9H,6,8,10H2,(H,19,20). The molecule has 0 fully saturated rings. The Bertz CT molecular complexity index is 607. The third-order valence-electron chi connectivity index (χ3n) is 2.94. The van der Waals surface area contributed by atoms with Crippen LogP contribution in [-0.2, 0) is 11.2 Å². The molecule has 0 atom stereocenters. The van der Waals surface area contributed by atoms with Gasteiger partial charge in [0.1, 0.15) is 6.54 Å². The lowest BCUT2D eigenvalue weighted by Gasteiger charge is -2.08. The summed E-state index contributed by atoms with van der Waals surface area (Å²) >= 11 is 0. The highest BCUT2D eigenvalue weighted by atomic mass is 19.4. The molecule has 0 aliphatic rings. The van der Waals surface area contributed by atoms with E-state index in [0.29, 0.717) is 6.42 Å². The molecule has 0 aliphatic heterocycles. The Balaban J connectivity index is 1.90. The fourth-order valence-electron chi connectivity index (χ4n) is 1.94. The fourth-order valence-corrected chi connectivity index (χ4v) is 1.94. The first kappa shape index (κ1) is 14.4. The van der Waals surface area contributed by atoms with Gasteiger partial charge in [0, 0.05) is 6.42 Å². The van der Waals surface area contributed by atoms with Gasteiger partial charge < -0.3 is 5.32 Å². The zero-order valence-corrected chi connectivity index (χ0v) is 10.7. The molecule has 0 saturated carbocycles. The summed E-state index contributed by atoms with van der Waals surface area (Å²) in [6.07, 6.45) is -3.89. The number of amides is 1. The largest absolute Gasteiger partial charge is 0.405 e. The van der Waals surface area contributed by atoms with Crippen molar-refractivity contribution in [3.63, 3.8) is 0 Å². The number of alkyl halides is 3. The SMILES string of the molecule is O=C(CCc1ccc2ccccc2c1)NCC(F)(F)F. The molecule has 0 aliphatic carbocycles. The van der Waals surface area contributed by atoms with E-state index in [2.05, 4.69) is 0 Å². The smallest absolute Gasteiger partial charge is 0.347 e. The van der Waals surface area contributed by atoms with Crippen molar-refractivity contribution in [2.45, 2.75) is 19.0 Å². The highest BCUT2D eigenvalue weighted by Crippen LogP contribution is 2.17.